The summed E-state index contributed by atoms with van der Waals surface area (Å²) in [6.07, 6.45) is 0. The number of tetrazole rings is 1. The number of aromatic nitrogens is 4. The van der Waals surface area contributed by atoms with Crippen LogP contribution in [0.3, 0.4) is 0 Å². The van der Waals surface area contributed by atoms with E-state index in [4.69, 9.17) is 0 Å². The van der Waals surface area contributed by atoms with Gasteiger partial charge in [0, 0.05) is 18.3 Å². The minimum absolute atomic E-state index is 0.186. The lowest BCUT2D eigenvalue weighted by molar-refractivity contribution is 0.395. The van der Waals surface area contributed by atoms with Gasteiger partial charge in [0.1, 0.15) is 0 Å². The molecule has 0 saturated heterocycles. The van der Waals surface area contributed by atoms with Gasteiger partial charge in [0.25, 0.3) is 0 Å². The Hall–Kier alpha value is -0.620. The van der Waals surface area contributed by atoms with Crippen molar-refractivity contribution in [3.8, 4) is 0 Å². The second kappa shape index (κ2) is 5.63. The van der Waals surface area contributed by atoms with E-state index < -0.39 is 0 Å². The molecule has 0 spiro atoms. The second-order valence-corrected chi connectivity index (χ2v) is 6.12. The number of hydrogen-bond acceptors (Lipinski definition) is 5. The van der Waals surface area contributed by atoms with E-state index >= 15 is 0 Å². The van der Waals surface area contributed by atoms with Gasteiger partial charge in [0.15, 0.2) is 0 Å². The topological polar surface area (TPSA) is 55.6 Å². The molecule has 1 rings (SSSR count). The van der Waals surface area contributed by atoms with Gasteiger partial charge in [-0.2, -0.15) is 0 Å². The molecule has 6 heteroatoms. The molecule has 0 aliphatic heterocycles. The first-order valence-corrected chi connectivity index (χ1v) is 6.47. The average molecular weight is 243 g/mol. The van der Waals surface area contributed by atoms with Crippen molar-refractivity contribution in [2.75, 3.05) is 12.3 Å². The highest BCUT2D eigenvalue weighted by atomic mass is 32.2. The molecule has 0 amide bonds. The molecule has 1 unspecified atom stereocenters. The molecule has 1 heterocycles. The summed E-state index contributed by atoms with van der Waals surface area (Å²) in [5.41, 5.74) is 0.186. The highest BCUT2D eigenvalue weighted by Crippen LogP contribution is 2.16. The number of thioether (sulfide) groups is 1. The zero-order chi connectivity index (χ0) is 12.2. The fourth-order valence-corrected chi connectivity index (χ4v) is 1.97. The first-order chi connectivity index (χ1) is 7.38. The molecule has 1 N–H and O–H groups in total. The van der Waals surface area contributed by atoms with Gasteiger partial charge in [-0.1, -0.05) is 18.7 Å². The van der Waals surface area contributed by atoms with Gasteiger partial charge in [-0.05, 0) is 43.7 Å². The molecule has 1 aromatic heterocycles. The molecular weight excluding hydrogens is 222 g/mol. The zero-order valence-corrected chi connectivity index (χ0v) is 11.5. The van der Waals surface area contributed by atoms with Crippen LogP contribution in [0.4, 0.5) is 0 Å². The van der Waals surface area contributed by atoms with Gasteiger partial charge < -0.3 is 5.32 Å². The maximum absolute atomic E-state index is 3.94. The van der Waals surface area contributed by atoms with Crippen molar-refractivity contribution in [1.29, 1.82) is 0 Å². The number of nitrogens with one attached hydrogen (secondary N) is 1. The van der Waals surface area contributed by atoms with Crippen LogP contribution in [0.25, 0.3) is 0 Å². The predicted octanol–water partition coefficient (Wildman–Crippen LogP) is 1.33. The maximum Gasteiger partial charge on any atom is 0.209 e. The summed E-state index contributed by atoms with van der Waals surface area (Å²) in [5.74, 6) is 1.62. The van der Waals surface area contributed by atoms with Crippen LogP contribution >= 0.6 is 11.8 Å². The van der Waals surface area contributed by atoms with E-state index in [1.54, 1.807) is 16.4 Å². The lowest BCUT2D eigenvalue weighted by Gasteiger charge is -2.23. The smallest absolute Gasteiger partial charge is 0.209 e. The highest BCUT2D eigenvalue weighted by Gasteiger charge is 2.12. The van der Waals surface area contributed by atoms with Crippen molar-refractivity contribution < 1.29 is 0 Å². The van der Waals surface area contributed by atoms with E-state index in [9.17, 15) is 0 Å². The average Bonchev–Trinajstić information content (AvgIpc) is 2.57. The van der Waals surface area contributed by atoms with Crippen LogP contribution in [0.5, 0.6) is 0 Å². The molecule has 0 aromatic carbocycles. The van der Waals surface area contributed by atoms with Crippen LogP contribution in [0, 0.1) is 5.92 Å². The molecule has 92 valence electrons. The lowest BCUT2D eigenvalue weighted by Crippen LogP contribution is -2.39. The molecule has 1 atom stereocenters. The highest BCUT2D eigenvalue weighted by molar-refractivity contribution is 7.99. The molecule has 0 fully saturated rings. The largest absolute Gasteiger partial charge is 0.312 e. The van der Waals surface area contributed by atoms with Gasteiger partial charge in [-0.3, -0.25) is 0 Å². The van der Waals surface area contributed by atoms with E-state index in [1.807, 2.05) is 7.05 Å². The van der Waals surface area contributed by atoms with Crippen LogP contribution in [0.15, 0.2) is 5.16 Å². The standard InChI is InChI=1S/C10H21N5S/c1-8(6-11-10(2,3)4)7-16-9-12-13-14-15(9)5/h8,11H,6-7H2,1-5H3. The SMILES string of the molecule is CC(CNC(C)(C)C)CSc1nnnn1C. The molecule has 0 aliphatic carbocycles. The molecule has 5 nitrogen and oxygen atoms in total. The Morgan fingerprint density at radius 2 is 2.12 bits per heavy atom. The first kappa shape index (κ1) is 13.4. The van der Waals surface area contributed by atoms with Gasteiger partial charge in [0.05, 0.1) is 0 Å². The Labute approximate surface area is 101 Å². The van der Waals surface area contributed by atoms with Crippen LogP contribution in [0.1, 0.15) is 27.7 Å². The Morgan fingerprint density at radius 1 is 1.44 bits per heavy atom. The molecule has 0 bridgehead atoms. The Kier molecular flexibility index (Phi) is 4.73. The number of rotatable bonds is 5. The van der Waals surface area contributed by atoms with Crippen LogP contribution in [-0.2, 0) is 7.05 Å². The third kappa shape index (κ3) is 4.94. The number of nitrogens with zero attached hydrogens (tertiary/aromatic N) is 4. The maximum atomic E-state index is 3.94. The summed E-state index contributed by atoms with van der Waals surface area (Å²) < 4.78 is 1.70. The molecule has 0 radical (unpaired) electrons. The van der Waals surface area contributed by atoms with Crippen LogP contribution in [0.2, 0.25) is 0 Å². The number of aryl methyl sites for hydroxylation is 1. The minimum atomic E-state index is 0.186. The van der Waals surface area contributed by atoms with Crippen LogP contribution < -0.4 is 5.32 Å². The summed E-state index contributed by atoms with van der Waals surface area (Å²) in [6.45, 7) is 9.79. The zero-order valence-electron chi connectivity index (χ0n) is 10.7. The van der Waals surface area contributed by atoms with E-state index in [0.29, 0.717) is 5.92 Å². The van der Waals surface area contributed by atoms with Crippen LogP contribution in [-0.4, -0.2) is 38.0 Å². The fourth-order valence-electron chi connectivity index (χ4n) is 1.10. The van der Waals surface area contributed by atoms with Crippen molar-refractivity contribution >= 4 is 11.8 Å². The van der Waals surface area contributed by atoms with Gasteiger partial charge in [-0.25, -0.2) is 4.68 Å². The number of hydrogen-bond donors (Lipinski definition) is 1. The van der Waals surface area contributed by atoms with Crippen molar-refractivity contribution in [2.24, 2.45) is 13.0 Å². The molecular formula is C10H21N5S. The quantitative estimate of drug-likeness (QED) is 0.791. The fraction of sp³-hybridized carbons (Fsp3) is 0.900. The Morgan fingerprint density at radius 3 is 2.62 bits per heavy atom. The molecule has 1 aromatic rings. The Bertz CT molecular complexity index is 317. The van der Waals surface area contributed by atoms with E-state index in [2.05, 4.69) is 48.5 Å². The molecule has 0 aliphatic rings. The molecule has 16 heavy (non-hydrogen) atoms. The van der Waals surface area contributed by atoms with E-state index in [0.717, 1.165) is 17.5 Å². The normalized spacial score (nSPS) is 14.1. The third-order valence-corrected chi connectivity index (χ3v) is 3.40. The third-order valence-electron chi connectivity index (χ3n) is 2.06. The second-order valence-electron chi connectivity index (χ2n) is 5.13. The summed E-state index contributed by atoms with van der Waals surface area (Å²) >= 11 is 1.70. The predicted molar refractivity (Wildman–Crippen MR) is 66.4 cm³/mol. The summed E-state index contributed by atoms with van der Waals surface area (Å²) in [4.78, 5) is 0. The van der Waals surface area contributed by atoms with Gasteiger partial charge in [0.2, 0.25) is 5.16 Å². The Balaban J connectivity index is 2.25. The van der Waals surface area contributed by atoms with Gasteiger partial charge in [-0.15, -0.1) is 5.10 Å². The molecule has 0 saturated carbocycles. The van der Waals surface area contributed by atoms with E-state index in [1.165, 1.54) is 0 Å². The summed E-state index contributed by atoms with van der Waals surface area (Å²) in [7, 11) is 1.86. The van der Waals surface area contributed by atoms with Crippen molar-refractivity contribution in [2.45, 2.75) is 38.4 Å². The minimum Gasteiger partial charge on any atom is -0.312 e. The van der Waals surface area contributed by atoms with Crippen molar-refractivity contribution in [3.63, 3.8) is 0 Å². The summed E-state index contributed by atoms with van der Waals surface area (Å²) in [5, 5.41) is 15.7. The van der Waals surface area contributed by atoms with Crippen molar-refractivity contribution in [1.82, 2.24) is 25.5 Å². The first-order valence-electron chi connectivity index (χ1n) is 5.48. The monoisotopic (exact) mass is 243 g/mol. The lowest BCUT2D eigenvalue weighted by atomic mass is 10.1. The van der Waals surface area contributed by atoms with Crippen molar-refractivity contribution in [3.05, 3.63) is 0 Å². The van der Waals surface area contributed by atoms with Gasteiger partial charge >= 0.3 is 0 Å². The van der Waals surface area contributed by atoms with E-state index in [-0.39, 0.29) is 5.54 Å². The summed E-state index contributed by atoms with van der Waals surface area (Å²) in [6, 6.07) is 0.